The first kappa shape index (κ1) is 21.7. The lowest BCUT2D eigenvalue weighted by molar-refractivity contribution is -0.136. The number of halogens is 2. The van der Waals surface area contributed by atoms with Gasteiger partial charge in [-0.2, -0.15) is 0 Å². The van der Waals surface area contributed by atoms with E-state index < -0.39 is 24.3 Å². The molecule has 2 amide bonds. The molecule has 3 aromatic rings. The largest absolute Gasteiger partial charge is 0.451 e. The Hall–Kier alpha value is -2.97. The minimum absolute atomic E-state index is 0.0878. The second kappa shape index (κ2) is 9.23. The summed E-state index contributed by atoms with van der Waals surface area (Å²) < 4.78 is 18.9. The van der Waals surface area contributed by atoms with Gasteiger partial charge in [0.05, 0.1) is 11.6 Å². The number of carbonyl (C=O) groups excluding carboxylic acids is 3. The molecule has 0 atom stereocenters. The van der Waals surface area contributed by atoms with Gasteiger partial charge in [0.2, 0.25) is 5.91 Å². The second-order valence-corrected chi connectivity index (χ2v) is 8.06. The number of benzene rings is 2. The van der Waals surface area contributed by atoms with Crippen molar-refractivity contribution in [2.45, 2.75) is 6.92 Å². The lowest BCUT2D eigenvalue weighted by Gasteiger charge is -2.16. The maximum Gasteiger partial charge on any atom is 0.350 e. The molecule has 1 heterocycles. The third kappa shape index (κ3) is 5.14. The molecule has 156 valence electrons. The monoisotopic (exact) mass is 448 g/mol. The Kier molecular flexibility index (Phi) is 6.69. The molecular weight excluding hydrogens is 431 g/mol. The van der Waals surface area contributed by atoms with Crippen LogP contribution in [0.2, 0.25) is 5.02 Å². The summed E-state index contributed by atoms with van der Waals surface area (Å²) in [5.41, 5.74) is 1.68. The fraction of sp³-hybridized carbons (Fsp3) is 0.190. The van der Waals surface area contributed by atoms with Gasteiger partial charge >= 0.3 is 5.97 Å². The van der Waals surface area contributed by atoms with Gasteiger partial charge in [-0.3, -0.25) is 9.59 Å². The molecule has 1 N–H and O–H groups in total. The maximum atomic E-state index is 13.3. The Morgan fingerprint density at radius 2 is 1.87 bits per heavy atom. The number of ether oxygens (including phenoxy) is 1. The molecule has 0 unspecified atom stereocenters. The number of anilines is 1. The van der Waals surface area contributed by atoms with Crippen LogP contribution in [0.4, 0.5) is 10.1 Å². The Morgan fingerprint density at radius 3 is 2.57 bits per heavy atom. The third-order valence-electron chi connectivity index (χ3n) is 4.25. The highest BCUT2D eigenvalue weighted by Crippen LogP contribution is 2.36. The fourth-order valence-corrected chi connectivity index (χ4v) is 4.04. The number of esters is 1. The number of thiophene rings is 1. The van der Waals surface area contributed by atoms with E-state index in [0.29, 0.717) is 15.8 Å². The number of fused-ring (bicyclic) bond motifs is 1. The first-order chi connectivity index (χ1) is 14.2. The van der Waals surface area contributed by atoms with Crippen LogP contribution in [0.1, 0.15) is 15.2 Å². The molecular formula is C21H18ClFN2O4S. The fourth-order valence-electron chi connectivity index (χ4n) is 2.61. The Labute approximate surface area is 181 Å². The lowest BCUT2D eigenvalue weighted by Crippen LogP contribution is -2.37. The molecule has 0 aliphatic carbocycles. The van der Waals surface area contributed by atoms with Crippen molar-refractivity contribution >= 4 is 56.5 Å². The van der Waals surface area contributed by atoms with Crippen LogP contribution >= 0.6 is 22.9 Å². The Balaban J connectivity index is 1.54. The molecule has 1 aromatic heterocycles. The lowest BCUT2D eigenvalue weighted by atomic mass is 10.2. The summed E-state index contributed by atoms with van der Waals surface area (Å²) in [6, 6.07) is 11.2. The number of rotatable bonds is 6. The van der Waals surface area contributed by atoms with E-state index in [1.807, 2.05) is 19.1 Å². The Bertz CT molecular complexity index is 1110. The van der Waals surface area contributed by atoms with Gasteiger partial charge in [0, 0.05) is 22.8 Å². The van der Waals surface area contributed by atoms with E-state index in [1.54, 1.807) is 12.1 Å². The standard InChI is InChI=1S/C21H18ClFN2O4S/c1-12-3-6-14(7-4-12)24-17(26)10-25(2)18(27)11-29-21(28)20-19(22)15-8-5-13(23)9-16(15)30-20/h3-9H,10-11H2,1-2H3,(H,24,26). The first-order valence-electron chi connectivity index (χ1n) is 8.89. The van der Waals surface area contributed by atoms with Crippen LogP contribution in [-0.4, -0.2) is 42.9 Å². The summed E-state index contributed by atoms with van der Waals surface area (Å²) in [7, 11) is 1.43. The van der Waals surface area contributed by atoms with Crippen LogP contribution in [0.15, 0.2) is 42.5 Å². The van der Waals surface area contributed by atoms with Gasteiger partial charge in [0.25, 0.3) is 5.91 Å². The Morgan fingerprint density at radius 1 is 1.17 bits per heavy atom. The van der Waals surface area contributed by atoms with Crippen molar-refractivity contribution in [2.75, 3.05) is 25.5 Å². The van der Waals surface area contributed by atoms with Gasteiger partial charge < -0.3 is 15.0 Å². The number of nitrogens with zero attached hydrogens (tertiary/aromatic N) is 1. The minimum atomic E-state index is -0.785. The van der Waals surface area contributed by atoms with Gasteiger partial charge in [0.1, 0.15) is 10.7 Å². The van der Waals surface area contributed by atoms with Crippen molar-refractivity contribution in [3.05, 3.63) is 63.7 Å². The topological polar surface area (TPSA) is 75.7 Å². The molecule has 0 bridgehead atoms. The zero-order chi connectivity index (χ0) is 21.8. The van der Waals surface area contributed by atoms with Crippen molar-refractivity contribution in [3.8, 4) is 0 Å². The molecule has 0 saturated heterocycles. The summed E-state index contributed by atoms with van der Waals surface area (Å²) >= 11 is 7.16. The number of nitrogens with one attached hydrogen (secondary N) is 1. The molecule has 0 fully saturated rings. The zero-order valence-electron chi connectivity index (χ0n) is 16.2. The number of hydrogen-bond acceptors (Lipinski definition) is 5. The van der Waals surface area contributed by atoms with Gasteiger partial charge in [-0.15, -0.1) is 11.3 Å². The third-order valence-corrected chi connectivity index (χ3v) is 5.88. The SMILES string of the molecule is Cc1ccc(NC(=O)CN(C)C(=O)COC(=O)c2sc3cc(F)ccc3c2Cl)cc1. The maximum absolute atomic E-state index is 13.3. The second-order valence-electron chi connectivity index (χ2n) is 6.63. The highest BCUT2D eigenvalue weighted by atomic mass is 35.5. The summed E-state index contributed by atoms with van der Waals surface area (Å²) in [5.74, 6) is -2.16. The average molecular weight is 449 g/mol. The highest BCUT2D eigenvalue weighted by molar-refractivity contribution is 7.21. The molecule has 2 aromatic carbocycles. The van der Waals surface area contributed by atoms with Crippen LogP contribution in [0.25, 0.3) is 10.1 Å². The van der Waals surface area contributed by atoms with E-state index in [9.17, 15) is 18.8 Å². The molecule has 0 aliphatic rings. The summed E-state index contributed by atoms with van der Waals surface area (Å²) in [6.45, 7) is 1.18. The van der Waals surface area contributed by atoms with E-state index in [0.717, 1.165) is 21.8 Å². The summed E-state index contributed by atoms with van der Waals surface area (Å²) in [6.07, 6.45) is 0. The number of hydrogen-bond donors (Lipinski definition) is 1. The predicted octanol–water partition coefficient (Wildman–Crippen LogP) is 4.26. The van der Waals surface area contributed by atoms with Gasteiger partial charge in [-0.1, -0.05) is 29.3 Å². The van der Waals surface area contributed by atoms with Crippen LogP contribution < -0.4 is 5.32 Å². The molecule has 0 spiro atoms. The smallest absolute Gasteiger partial charge is 0.350 e. The number of carbonyl (C=O) groups is 3. The molecule has 6 nitrogen and oxygen atoms in total. The van der Waals surface area contributed by atoms with Gasteiger partial charge in [-0.25, -0.2) is 9.18 Å². The number of amides is 2. The number of aryl methyl sites for hydroxylation is 1. The zero-order valence-corrected chi connectivity index (χ0v) is 17.8. The summed E-state index contributed by atoms with van der Waals surface area (Å²) in [4.78, 5) is 37.8. The van der Waals surface area contributed by atoms with Crippen LogP contribution in [-0.2, 0) is 14.3 Å². The van der Waals surface area contributed by atoms with Crippen molar-refractivity contribution in [3.63, 3.8) is 0 Å². The van der Waals surface area contributed by atoms with E-state index in [1.165, 1.54) is 25.2 Å². The van der Waals surface area contributed by atoms with Crippen molar-refractivity contribution < 1.29 is 23.5 Å². The average Bonchev–Trinajstić information content (AvgIpc) is 3.03. The normalized spacial score (nSPS) is 10.7. The van der Waals surface area contributed by atoms with Crippen molar-refractivity contribution in [2.24, 2.45) is 0 Å². The first-order valence-corrected chi connectivity index (χ1v) is 10.1. The van der Waals surface area contributed by atoms with Crippen LogP contribution in [0.5, 0.6) is 0 Å². The van der Waals surface area contributed by atoms with Gasteiger partial charge in [0.15, 0.2) is 6.61 Å². The molecule has 0 radical (unpaired) electrons. The van der Waals surface area contributed by atoms with Crippen LogP contribution in [0, 0.1) is 12.7 Å². The predicted molar refractivity (Wildman–Crippen MR) is 115 cm³/mol. The summed E-state index contributed by atoms with van der Waals surface area (Å²) in [5, 5.41) is 3.37. The molecule has 0 saturated carbocycles. The molecule has 30 heavy (non-hydrogen) atoms. The van der Waals surface area contributed by atoms with E-state index in [-0.39, 0.29) is 22.4 Å². The van der Waals surface area contributed by atoms with Gasteiger partial charge in [-0.05, 0) is 37.3 Å². The highest BCUT2D eigenvalue weighted by Gasteiger charge is 2.21. The van der Waals surface area contributed by atoms with E-state index in [2.05, 4.69) is 5.32 Å². The van der Waals surface area contributed by atoms with Crippen molar-refractivity contribution in [1.82, 2.24) is 4.90 Å². The molecule has 3 rings (SSSR count). The minimum Gasteiger partial charge on any atom is -0.451 e. The number of likely N-dealkylation sites (N-methyl/N-ethyl adjacent to an activating group) is 1. The van der Waals surface area contributed by atoms with Crippen molar-refractivity contribution in [1.29, 1.82) is 0 Å². The quantitative estimate of drug-likeness (QED) is 0.572. The molecule has 0 aliphatic heterocycles. The van der Waals surface area contributed by atoms with E-state index >= 15 is 0 Å². The molecule has 9 heteroatoms. The van der Waals surface area contributed by atoms with E-state index in [4.69, 9.17) is 16.3 Å². The van der Waals surface area contributed by atoms with Crippen LogP contribution in [0.3, 0.4) is 0 Å².